The lowest BCUT2D eigenvalue weighted by molar-refractivity contribution is 0.107. The minimum absolute atomic E-state index is 0.0766. The summed E-state index contributed by atoms with van der Waals surface area (Å²) < 4.78 is 13.0. The van der Waals surface area contributed by atoms with Gasteiger partial charge in [-0.05, 0) is 48.2 Å². The molecule has 0 unspecified atom stereocenters. The summed E-state index contributed by atoms with van der Waals surface area (Å²) in [5.74, 6) is 3.05. The van der Waals surface area contributed by atoms with Gasteiger partial charge in [0.1, 0.15) is 23.9 Å². The third-order valence-corrected chi connectivity index (χ3v) is 6.32. The summed E-state index contributed by atoms with van der Waals surface area (Å²) in [6, 6.07) is 15.5. The first-order chi connectivity index (χ1) is 14.6. The number of nitrogens with zero attached hydrogens (tertiary/aromatic N) is 2. The second kappa shape index (κ2) is 7.78. The fourth-order valence-electron chi connectivity index (χ4n) is 5.07. The molecule has 2 aliphatic heterocycles. The monoisotopic (exact) mass is 406 g/mol. The van der Waals surface area contributed by atoms with Crippen LogP contribution in [0.5, 0.6) is 5.75 Å². The van der Waals surface area contributed by atoms with E-state index < -0.39 is 0 Å². The molecule has 0 aliphatic carbocycles. The number of benzene rings is 1. The molecule has 0 amide bonds. The molecule has 6 nitrogen and oxygen atoms in total. The van der Waals surface area contributed by atoms with Gasteiger partial charge in [-0.2, -0.15) is 0 Å². The van der Waals surface area contributed by atoms with Gasteiger partial charge in [0.15, 0.2) is 0 Å². The molecule has 156 valence electrons. The number of hydrogen-bond donors (Lipinski definition) is 1. The molecule has 1 N–H and O–H groups in total. The van der Waals surface area contributed by atoms with E-state index in [9.17, 15) is 9.90 Å². The van der Waals surface area contributed by atoms with Gasteiger partial charge in [-0.3, -0.25) is 9.69 Å². The molecule has 2 atom stereocenters. The summed E-state index contributed by atoms with van der Waals surface area (Å²) in [5.41, 5.74) is 3.46. The second-order valence-corrected chi connectivity index (χ2v) is 8.33. The molecule has 4 heterocycles. The molecule has 6 heteroatoms. The Kier molecular flexibility index (Phi) is 4.97. The number of aromatic nitrogens is 1. The Balaban J connectivity index is 1.47. The summed E-state index contributed by atoms with van der Waals surface area (Å²) in [4.78, 5) is 15.1. The summed E-state index contributed by atoms with van der Waals surface area (Å²) >= 11 is 0. The number of methoxy groups -OCH3 is 1. The summed E-state index contributed by atoms with van der Waals surface area (Å²) in [6.07, 6.45) is 1.10. The molecule has 5 rings (SSSR count). The smallest absolute Gasteiger partial charge is 0.250 e. The lowest BCUT2D eigenvalue weighted by Crippen LogP contribution is -2.46. The van der Waals surface area contributed by atoms with Crippen molar-refractivity contribution in [3.05, 3.63) is 76.1 Å². The molecular weight excluding hydrogens is 380 g/mol. The van der Waals surface area contributed by atoms with Crippen molar-refractivity contribution >= 4 is 0 Å². The van der Waals surface area contributed by atoms with Crippen LogP contribution in [0.15, 0.2) is 57.7 Å². The molecule has 2 bridgehead atoms. The molecule has 1 saturated heterocycles. The average Bonchev–Trinajstić information content (AvgIpc) is 3.22. The van der Waals surface area contributed by atoms with E-state index in [0.717, 1.165) is 60.9 Å². The van der Waals surface area contributed by atoms with Gasteiger partial charge >= 0.3 is 0 Å². The van der Waals surface area contributed by atoms with Crippen molar-refractivity contribution < 1.29 is 14.3 Å². The molecule has 1 fully saturated rings. The zero-order valence-corrected chi connectivity index (χ0v) is 17.1. The standard InChI is InChI=1S/C24H26N2O4/c1-29-19-4-2-17(3-5-19)22-8-9-23(28)26-12-16-10-18(24(22)26)13-25(11-16)14-20-6-7-21(15-27)30-20/h2-9,16,18,27H,10-15H2,1H3/t16-,18+/m0/s1. The van der Waals surface area contributed by atoms with Crippen LogP contribution in [-0.4, -0.2) is 34.8 Å². The van der Waals surface area contributed by atoms with Crippen molar-refractivity contribution in [2.24, 2.45) is 5.92 Å². The van der Waals surface area contributed by atoms with Crippen LogP contribution in [0.2, 0.25) is 0 Å². The topological polar surface area (TPSA) is 67.8 Å². The van der Waals surface area contributed by atoms with E-state index in [1.54, 1.807) is 13.2 Å². The highest BCUT2D eigenvalue weighted by Gasteiger charge is 2.36. The zero-order chi connectivity index (χ0) is 20.7. The molecule has 30 heavy (non-hydrogen) atoms. The van der Waals surface area contributed by atoms with E-state index in [0.29, 0.717) is 17.6 Å². The molecule has 3 aromatic rings. The number of fused-ring (bicyclic) bond motifs is 4. The number of piperidine rings is 1. The Labute approximate surface area is 175 Å². The third-order valence-electron chi connectivity index (χ3n) is 6.32. The first-order valence-electron chi connectivity index (χ1n) is 10.4. The number of hydrogen-bond acceptors (Lipinski definition) is 5. The number of aliphatic hydroxyl groups excluding tert-OH is 1. The van der Waals surface area contributed by atoms with E-state index >= 15 is 0 Å². The maximum absolute atomic E-state index is 12.7. The van der Waals surface area contributed by atoms with Crippen LogP contribution in [0.25, 0.3) is 11.1 Å². The Morgan fingerprint density at radius 1 is 1.03 bits per heavy atom. The van der Waals surface area contributed by atoms with Crippen molar-refractivity contribution in [3.8, 4) is 16.9 Å². The number of rotatable bonds is 5. The van der Waals surface area contributed by atoms with Gasteiger partial charge in [-0.25, -0.2) is 0 Å². The maximum atomic E-state index is 12.7. The first-order valence-corrected chi connectivity index (χ1v) is 10.4. The Morgan fingerprint density at radius 2 is 1.83 bits per heavy atom. The van der Waals surface area contributed by atoms with Crippen molar-refractivity contribution in [1.82, 2.24) is 9.47 Å². The highest BCUT2D eigenvalue weighted by atomic mass is 16.5. The third kappa shape index (κ3) is 3.46. The second-order valence-electron chi connectivity index (χ2n) is 8.33. The molecule has 0 radical (unpaired) electrons. The lowest BCUT2D eigenvalue weighted by atomic mass is 9.80. The average molecular weight is 406 g/mol. The number of furan rings is 1. The summed E-state index contributed by atoms with van der Waals surface area (Å²) in [7, 11) is 1.66. The number of ether oxygens (including phenoxy) is 1. The van der Waals surface area contributed by atoms with Gasteiger partial charge < -0.3 is 18.8 Å². The Morgan fingerprint density at radius 3 is 2.57 bits per heavy atom. The molecule has 0 saturated carbocycles. The van der Waals surface area contributed by atoms with Gasteiger partial charge in [-0.15, -0.1) is 0 Å². The largest absolute Gasteiger partial charge is 0.497 e. The van der Waals surface area contributed by atoms with Gasteiger partial charge in [0.05, 0.1) is 13.7 Å². The SMILES string of the molecule is COc1ccc(-c2ccc(=O)n3c2[C@@H]2C[C@@H](CN(Cc4ccc(CO)o4)C2)C3)cc1. The van der Waals surface area contributed by atoms with Crippen LogP contribution in [0.3, 0.4) is 0 Å². The Bertz CT molecular complexity index is 1100. The van der Waals surface area contributed by atoms with Crippen LogP contribution < -0.4 is 10.3 Å². The number of likely N-dealkylation sites (tertiary alicyclic amines) is 1. The highest BCUT2D eigenvalue weighted by molar-refractivity contribution is 5.67. The van der Waals surface area contributed by atoms with Crippen molar-refractivity contribution in [2.45, 2.75) is 32.0 Å². The van der Waals surface area contributed by atoms with Gasteiger partial charge in [0.2, 0.25) is 0 Å². The van der Waals surface area contributed by atoms with Crippen molar-refractivity contribution in [1.29, 1.82) is 0 Å². The zero-order valence-electron chi connectivity index (χ0n) is 17.1. The van der Waals surface area contributed by atoms with Crippen LogP contribution in [0.1, 0.15) is 29.6 Å². The molecule has 2 aromatic heterocycles. The fraction of sp³-hybridized carbons (Fsp3) is 0.375. The van der Waals surface area contributed by atoms with Gasteiger partial charge in [0, 0.05) is 42.9 Å². The van der Waals surface area contributed by atoms with Crippen LogP contribution in [0.4, 0.5) is 0 Å². The predicted molar refractivity (Wildman–Crippen MR) is 113 cm³/mol. The van der Waals surface area contributed by atoms with Crippen LogP contribution in [0, 0.1) is 5.92 Å². The van der Waals surface area contributed by atoms with Crippen LogP contribution >= 0.6 is 0 Å². The number of pyridine rings is 1. The highest BCUT2D eigenvalue weighted by Crippen LogP contribution is 2.40. The Hall–Kier alpha value is -2.83. The van der Waals surface area contributed by atoms with Gasteiger partial charge in [0.25, 0.3) is 5.56 Å². The molecule has 2 aliphatic rings. The maximum Gasteiger partial charge on any atom is 0.250 e. The van der Waals surface area contributed by atoms with E-state index in [4.69, 9.17) is 9.15 Å². The minimum atomic E-state index is -0.0766. The summed E-state index contributed by atoms with van der Waals surface area (Å²) in [5, 5.41) is 9.25. The number of aliphatic hydroxyl groups is 1. The molecular formula is C24H26N2O4. The van der Waals surface area contributed by atoms with Crippen molar-refractivity contribution in [3.63, 3.8) is 0 Å². The minimum Gasteiger partial charge on any atom is -0.497 e. The van der Waals surface area contributed by atoms with E-state index in [1.165, 1.54) is 0 Å². The fourth-order valence-corrected chi connectivity index (χ4v) is 5.07. The van der Waals surface area contributed by atoms with E-state index in [-0.39, 0.29) is 12.2 Å². The molecule has 1 aromatic carbocycles. The normalized spacial score (nSPS) is 20.7. The first kappa shape index (κ1) is 19.2. The van der Waals surface area contributed by atoms with Gasteiger partial charge in [-0.1, -0.05) is 12.1 Å². The quantitative estimate of drug-likeness (QED) is 0.705. The van der Waals surface area contributed by atoms with Crippen LogP contribution in [-0.2, 0) is 19.7 Å². The molecule has 0 spiro atoms. The summed E-state index contributed by atoms with van der Waals surface area (Å²) in [6.45, 7) is 3.24. The lowest BCUT2D eigenvalue weighted by Gasteiger charge is -2.43. The van der Waals surface area contributed by atoms with E-state index in [1.807, 2.05) is 34.9 Å². The van der Waals surface area contributed by atoms with E-state index in [2.05, 4.69) is 17.0 Å². The van der Waals surface area contributed by atoms with Crippen molar-refractivity contribution in [2.75, 3.05) is 20.2 Å². The predicted octanol–water partition coefficient (Wildman–Crippen LogP) is 3.23.